The highest BCUT2D eigenvalue weighted by Crippen LogP contribution is 2.33. The van der Waals surface area contributed by atoms with Crippen molar-refractivity contribution in [3.05, 3.63) is 28.2 Å². The van der Waals surface area contributed by atoms with E-state index in [1.807, 2.05) is 14.1 Å². The zero-order valence-electron chi connectivity index (χ0n) is 13.9. The van der Waals surface area contributed by atoms with Gasteiger partial charge in [-0.2, -0.15) is 0 Å². The predicted octanol–water partition coefficient (Wildman–Crippen LogP) is 3.53. The minimum absolute atomic E-state index is 0. The van der Waals surface area contributed by atoms with E-state index >= 15 is 0 Å². The number of nitrogens with zero attached hydrogens (tertiary/aromatic N) is 2. The molecule has 136 valence electrons. The summed E-state index contributed by atoms with van der Waals surface area (Å²) in [5.74, 6) is 0.567. The molecule has 1 atom stereocenters. The van der Waals surface area contributed by atoms with Gasteiger partial charge in [0.25, 0.3) is 0 Å². The first-order valence-electron chi connectivity index (χ1n) is 7.75. The number of rotatable bonds is 6. The van der Waals surface area contributed by atoms with Gasteiger partial charge in [0.05, 0.1) is 11.6 Å². The lowest BCUT2D eigenvalue weighted by atomic mass is 10.3. The Morgan fingerprint density at radius 2 is 2.17 bits per heavy atom. The van der Waals surface area contributed by atoms with E-state index in [2.05, 4.69) is 10.2 Å². The highest BCUT2D eigenvalue weighted by molar-refractivity contribution is 6.42. The lowest BCUT2D eigenvalue weighted by molar-refractivity contribution is 0.186. The van der Waals surface area contributed by atoms with Gasteiger partial charge in [-0.1, -0.05) is 29.3 Å². The lowest BCUT2D eigenvalue weighted by Crippen LogP contribution is -2.40. The van der Waals surface area contributed by atoms with Gasteiger partial charge in [0.1, 0.15) is 16.9 Å². The third kappa shape index (κ3) is 6.20. The summed E-state index contributed by atoms with van der Waals surface area (Å²) in [5, 5.41) is 3.83. The number of benzene rings is 1. The second kappa shape index (κ2) is 10.2. The van der Waals surface area contributed by atoms with E-state index in [0.29, 0.717) is 35.4 Å². The van der Waals surface area contributed by atoms with Crippen LogP contribution in [0.15, 0.2) is 18.2 Å². The van der Waals surface area contributed by atoms with Crippen LogP contribution in [-0.4, -0.2) is 62.2 Å². The van der Waals surface area contributed by atoms with Gasteiger partial charge < -0.3 is 19.9 Å². The van der Waals surface area contributed by atoms with Gasteiger partial charge in [-0.3, -0.25) is 0 Å². The quantitative estimate of drug-likeness (QED) is 0.748. The van der Waals surface area contributed by atoms with E-state index in [0.717, 1.165) is 19.4 Å². The van der Waals surface area contributed by atoms with Crippen LogP contribution in [0.1, 0.15) is 12.8 Å². The fraction of sp³-hybridized carbons (Fsp3) is 0.562. The monoisotopic (exact) mass is 395 g/mol. The summed E-state index contributed by atoms with van der Waals surface area (Å²) >= 11 is 12.1. The molecule has 1 aliphatic heterocycles. The topological polar surface area (TPSA) is 44.8 Å². The van der Waals surface area contributed by atoms with Crippen molar-refractivity contribution < 1.29 is 9.53 Å². The standard InChI is InChI=1S/C16H23Cl2N3O2.ClH/c1-20(2)9-4-8-19-16(22)21-10-7-12(11-21)23-14-6-3-5-13(17)15(14)18;/h3,5-6,12H,4,7-11H2,1-2H3,(H,19,22);1H. The van der Waals surface area contributed by atoms with E-state index in [1.54, 1.807) is 23.1 Å². The molecule has 2 amide bonds. The molecule has 5 nitrogen and oxygen atoms in total. The van der Waals surface area contributed by atoms with Crippen molar-refractivity contribution in [1.82, 2.24) is 15.1 Å². The largest absolute Gasteiger partial charge is 0.487 e. The van der Waals surface area contributed by atoms with Crippen LogP contribution in [-0.2, 0) is 0 Å². The smallest absolute Gasteiger partial charge is 0.317 e. The molecule has 0 aliphatic carbocycles. The summed E-state index contributed by atoms with van der Waals surface area (Å²) < 4.78 is 5.88. The van der Waals surface area contributed by atoms with E-state index in [-0.39, 0.29) is 24.5 Å². The van der Waals surface area contributed by atoms with E-state index < -0.39 is 0 Å². The SMILES string of the molecule is CN(C)CCCNC(=O)N1CCC(Oc2cccc(Cl)c2Cl)C1.Cl. The normalized spacial score (nSPS) is 16.9. The average Bonchev–Trinajstić information content (AvgIpc) is 2.97. The van der Waals surface area contributed by atoms with Crippen LogP contribution < -0.4 is 10.1 Å². The first-order chi connectivity index (χ1) is 11.0. The van der Waals surface area contributed by atoms with Gasteiger partial charge >= 0.3 is 6.03 Å². The van der Waals surface area contributed by atoms with E-state index in [1.165, 1.54) is 0 Å². The zero-order valence-corrected chi connectivity index (χ0v) is 16.3. The maximum atomic E-state index is 12.1. The molecule has 1 unspecified atom stereocenters. The molecule has 0 bridgehead atoms. The molecule has 0 saturated carbocycles. The third-order valence-corrected chi connectivity index (χ3v) is 4.50. The van der Waals surface area contributed by atoms with Crippen LogP contribution in [0, 0.1) is 0 Å². The molecule has 24 heavy (non-hydrogen) atoms. The predicted molar refractivity (Wildman–Crippen MR) is 101 cm³/mol. The molecule has 0 aromatic heterocycles. The lowest BCUT2D eigenvalue weighted by Gasteiger charge is -2.19. The van der Waals surface area contributed by atoms with Gasteiger partial charge in [0.15, 0.2) is 0 Å². The van der Waals surface area contributed by atoms with Crippen molar-refractivity contribution in [1.29, 1.82) is 0 Å². The number of amides is 2. The minimum atomic E-state index is -0.0570. The molecule has 1 saturated heterocycles. The summed E-state index contributed by atoms with van der Waals surface area (Å²) in [6.45, 7) is 2.88. The zero-order chi connectivity index (χ0) is 16.8. The Morgan fingerprint density at radius 3 is 2.88 bits per heavy atom. The Kier molecular flexibility index (Phi) is 8.98. The van der Waals surface area contributed by atoms with Crippen LogP contribution in [0.3, 0.4) is 0 Å². The number of hydrogen-bond acceptors (Lipinski definition) is 3. The molecular weight excluding hydrogens is 373 g/mol. The number of carbonyl (C=O) groups is 1. The second-order valence-corrected chi connectivity index (χ2v) is 6.70. The third-order valence-electron chi connectivity index (χ3n) is 3.70. The number of carbonyl (C=O) groups excluding carboxylic acids is 1. The molecule has 1 aromatic carbocycles. The summed E-state index contributed by atoms with van der Waals surface area (Å²) in [6, 6.07) is 5.28. The molecule has 2 rings (SSSR count). The van der Waals surface area contributed by atoms with Crippen LogP contribution in [0.2, 0.25) is 10.0 Å². The fourth-order valence-electron chi connectivity index (χ4n) is 2.47. The molecule has 1 aliphatic rings. The van der Waals surface area contributed by atoms with Crippen molar-refractivity contribution in [2.45, 2.75) is 18.9 Å². The highest BCUT2D eigenvalue weighted by Gasteiger charge is 2.28. The average molecular weight is 397 g/mol. The number of hydrogen-bond donors (Lipinski definition) is 1. The highest BCUT2D eigenvalue weighted by atomic mass is 35.5. The fourth-order valence-corrected chi connectivity index (χ4v) is 2.80. The summed E-state index contributed by atoms with van der Waals surface area (Å²) in [5.41, 5.74) is 0. The number of nitrogens with one attached hydrogen (secondary N) is 1. The number of halogens is 3. The van der Waals surface area contributed by atoms with Gasteiger partial charge in [-0.15, -0.1) is 12.4 Å². The Morgan fingerprint density at radius 1 is 1.42 bits per heavy atom. The van der Waals surface area contributed by atoms with E-state index in [4.69, 9.17) is 27.9 Å². The van der Waals surface area contributed by atoms with Gasteiger partial charge in [-0.05, 0) is 39.2 Å². The van der Waals surface area contributed by atoms with Crippen molar-refractivity contribution in [2.75, 3.05) is 40.3 Å². The number of ether oxygens (including phenoxy) is 1. The van der Waals surface area contributed by atoms with Crippen LogP contribution >= 0.6 is 35.6 Å². The Labute approximate surface area is 159 Å². The van der Waals surface area contributed by atoms with E-state index in [9.17, 15) is 4.79 Å². The summed E-state index contributed by atoms with van der Waals surface area (Å²) in [4.78, 5) is 16.0. The van der Waals surface area contributed by atoms with Crippen molar-refractivity contribution in [2.24, 2.45) is 0 Å². The molecule has 1 aromatic rings. The molecule has 0 spiro atoms. The first-order valence-corrected chi connectivity index (χ1v) is 8.51. The molecular formula is C16H24Cl3N3O2. The Hall–Kier alpha value is -0.880. The van der Waals surface area contributed by atoms with Crippen LogP contribution in [0.5, 0.6) is 5.75 Å². The van der Waals surface area contributed by atoms with Crippen LogP contribution in [0.25, 0.3) is 0 Å². The summed E-state index contributed by atoms with van der Waals surface area (Å²) in [7, 11) is 4.04. The van der Waals surface area contributed by atoms with Gasteiger partial charge in [0, 0.05) is 19.5 Å². The maximum absolute atomic E-state index is 12.1. The molecule has 0 radical (unpaired) electrons. The van der Waals surface area contributed by atoms with Crippen LogP contribution in [0.4, 0.5) is 4.79 Å². The van der Waals surface area contributed by atoms with Gasteiger partial charge in [0.2, 0.25) is 0 Å². The molecule has 1 N–H and O–H groups in total. The van der Waals surface area contributed by atoms with Crippen molar-refractivity contribution in [3.8, 4) is 5.75 Å². The molecule has 8 heteroatoms. The van der Waals surface area contributed by atoms with Crippen molar-refractivity contribution in [3.63, 3.8) is 0 Å². The molecule has 1 fully saturated rings. The van der Waals surface area contributed by atoms with Gasteiger partial charge in [-0.25, -0.2) is 4.79 Å². The molecule has 1 heterocycles. The minimum Gasteiger partial charge on any atom is -0.487 e. The van der Waals surface area contributed by atoms with Crippen molar-refractivity contribution >= 4 is 41.6 Å². The second-order valence-electron chi connectivity index (χ2n) is 5.92. The maximum Gasteiger partial charge on any atom is 0.317 e. The number of urea groups is 1. The first kappa shape index (κ1) is 21.2. The Bertz CT molecular complexity index is 543. The number of likely N-dealkylation sites (tertiary alicyclic amines) is 1. The summed E-state index contributed by atoms with van der Waals surface area (Å²) in [6.07, 6.45) is 1.66. The Balaban J connectivity index is 0.00000288.